The summed E-state index contributed by atoms with van der Waals surface area (Å²) in [5.41, 5.74) is 2.25. The van der Waals surface area contributed by atoms with Gasteiger partial charge in [0.15, 0.2) is 0 Å². The van der Waals surface area contributed by atoms with Crippen LogP contribution in [0.5, 0.6) is 5.75 Å². The van der Waals surface area contributed by atoms with E-state index >= 15 is 0 Å². The Bertz CT molecular complexity index is 1260. The number of benzene rings is 2. The van der Waals surface area contributed by atoms with Gasteiger partial charge in [0.1, 0.15) is 11.6 Å². The summed E-state index contributed by atoms with van der Waals surface area (Å²) in [5, 5.41) is 7.59. The highest BCUT2D eigenvalue weighted by molar-refractivity contribution is 7.89. The Kier molecular flexibility index (Phi) is 8.02. The Morgan fingerprint density at radius 1 is 1.09 bits per heavy atom. The minimum atomic E-state index is -3.82. The van der Waals surface area contributed by atoms with Crippen molar-refractivity contribution in [3.05, 3.63) is 65.9 Å². The Balaban J connectivity index is 1.89. The number of ether oxygens (including phenoxy) is 1. The van der Waals surface area contributed by atoms with Gasteiger partial charge in [-0.15, -0.1) is 0 Å². The van der Waals surface area contributed by atoms with Crippen LogP contribution in [0.3, 0.4) is 0 Å². The van der Waals surface area contributed by atoms with E-state index in [4.69, 9.17) is 9.84 Å². The Labute approximate surface area is 208 Å². The number of hydrogen-bond donors (Lipinski definition) is 1. The van der Waals surface area contributed by atoms with E-state index in [1.54, 1.807) is 36.1 Å². The topological polar surface area (TPSA) is 93.5 Å². The molecule has 8 nitrogen and oxygen atoms in total. The molecule has 1 N–H and O–H groups in total. The maximum Gasteiger partial charge on any atom is 0.243 e. The summed E-state index contributed by atoms with van der Waals surface area (Å²) < 4.78 is 34.5. The van der Waals surface area contributed by atoms with Gasteiger partial charge in [-0.2, -0.15) is 9.40 Å². The molecule has 1 aromatic heterocycles. The maximum atomic E-state index is 13.2. The third-order valence-corrected chi connectivity index (χ3v) is 7.37. The van der Waals surface area contributed by atoms with E-state index in [1.807, 2.05) is 65.0 Å². The fourth-order valence-electron chi connectivity index (χ4n) is 3.49. The largest absolute Gasteiger partial charge is 0.497 e. The molecule has 188 valence electrons. The second-order valence-electron chi connectivity index (χ2n) is 9.47. The van der Waals surface area contributed by atoms with Crippen LogP contribution in [0.1, 0.15) is 45.4 Å². The lowest BCUT2D eigenvalue weighted by Gasteiger charge is -2.21. The number of carbonyl (C=O) groups excluding carboxylic acids is 1. The monoisotopic (exact) mass is 498 g/mol. The van der Waals surface area contributed by atoms with E-state index in [1.165, 1.54) is 4.31 Å². The molecule has 3 rings (SSSR count). The number of carbonyl (C=O) groups is 1. The molecule has 0 spiro atoms. The van der Waals surface area contributed by atoms with Crippen molar-refractivity contribution in [3.8, 4) is 11.4 Å². The van der Waals surface area contributed by atoms with Crippen LogP contribution < -0.4 is 10.1 Å². The van der Waals surface area contributed by atoms with Crippen molar-refractivity contribution in [1.29, 1.82) is 0 Å². The summed E-state index contributed by atoms with van der Waals surface area (Å²) in [6.45, 7) is 9.82. The van der Waals surface area contributed by atoms with Gasteiger partial charge in [0.05, 0.1) is 29.9 Å². The van der Waals surface area contributed by atoms with Crippen molar-refractivity contribution in [2.75, 3.05) is 25.5 Å². The first-order chi connectivity index (χ1) is 16.5. The molecule has 3 aromatic rings. The highest BCUT2D eigenvalue weighted by atomic mass is 32.2. The predicted molar refractivity (Wildman–Crippen MR) is 138 cm³/mol. The van der Waals surface area contributed by atoms with Crippen molar-refractivity contribution in [2.45, 2.75) is 51.3 Å². The number of amides is 1. The second-order valence-corrected chi connectivity index (χ2v) is 11.4. The number of rotatable bonds is 9. The van der Waals surface area contributed by atoms with Crippen molar-refractivity contribution >= 4 is 21.7 Å². The molecular formula is C26H34N4O4S. The normalized spacial score (nSPS) is 12.1. The molecule has 0 aliphatic rings. The predicted octanol–water partition coefficient (Wildman–Crippen LogP) is 4.53. The molecule has 0 fully saturated rings. The number of sulfonamides is 1. The fraction of sp³-hybridized carbons (Fsp3) is 0.385. The van der Waals surface area contributed by atoms with Gasteiger partial charge in [-0.3, -0.25) is 4.79 Å². The van der Waals surface area contributed by atoms with Crippen molar-refractivity contribution < 1.29 is 17.9 Å². The lowest BCUT2D eigenvalue weighted by Crippen LogP contribution is -2.38. The zero-order chi connectivity index (χ0) is 25.8. The molecule has 0 aliphatic heterocycles. The van der Waals surface area contributed by atoms with Gasteiger partial charge in [-0.25, -0.2) is 13.1 Å². The van der Waals surface area contributed by atoms with E-state index in [9.17, 15) is 13.2 Å². The van der Waals surface area contributed by atoms with Crippen LogP contribution >= 0.6 is 0 Å². The molecule has 0 unspecified atom stereocenters. The highest BCUT2D eigenvalue weighted by Gasteiger charge is 2.27. The third-order valence-electron chi connectivity index (χ3n) is 5.51. The van der Waals surface area contributed by atoms with Gasteiger partial charge in [-0.05, 0) is 49.7 Å². The summed E-state index contributed by atoms with van der Waals surface area (Å²) in [4.78, 5) is 13.3. The average molecular weight is 499 g/mol. The lowest BCUT2D eigenvalue weighted by molar-refractivity contribution is -0.116. The quantitative estimate of drug-likeness (QED) is 0.468. The van der Waals surface area contributed by atoms with E-state index in [2.05, 4.69) is 5.32 Å². The van der Waals surface area contributed by atoms with Crippen LogP contribution in [0.15, 0.2) is 59.5 Å². The van der Waals surface area contributed by atoms with E-state index in [0.29, 0.717) is 18.0 Å². The summed E-state index contributed by atoms with van der Waals surface area (Å²) in [6.07, 6.45) is 0.580. The van der Waals surface area contributed by atoms with Crippen LogP contribution in [0, 0.1) is 6.92 Å². The van der Waals surface area contributed by atoms with Gasteiger partial charge < -0.3 is 10.1 Å². The molecule has 9 heteroatoms. The van der Waals surface area contributed by atoms with Gasteiger partial charge in [-0.1, -0.05) is 45.4 Å². The number of anilines is 1. The number of aryl methyl sites for hydroxylation is 1. The summed E-state index contributed by atoms with van der Waals surface area (Å²) >= 11 is 0. The van der Waals surface area contributed by atoms with Crippen LogP contribution in [0.4, 0.5) is 5.82 Å². The van der Waals surface area contributed by atoms with Crippen LogP contribution in [-0.2, 0) is 20.2 Å². The molecule has 0 radical (unpaired) electrons. The standard InChI is InChI=1S/C26H34N4O4S/c1-7-16-29(35(32,33)22-14-8-19(2)9-15-22)18-25(31)27-24-17-23(26(3,4)5)28-30(24)20-10-12-21(34-6)13-11-20/h8-15,17H,7,16,18H2,1-6H3,(H,27,31). The van der Waals surface area contributed by atoms with Crippen molar-refractivity contribution in [2.24, 2.45) is 0 Å². The third kappa shape index (κ3) is 6.29. The number of nitrogens with zero attached hydrogens (tertiary/aromatic N) is 3. The zero-order valence-corrected chi connectivity index (χ0v) is 22.0. The smallest absolute Gasteiger partial charge is 0.243 e. The minimum absolute atomic E-state index is 0.169. The first kappa shape index (κ1) is 26.4. The Morgan fingerprint density at radius 3 is 2.26 bits per heavy atom. The van der Waals surface area contributed by atoms with Crippen LogP contribution in [0.25, 0.3) is 5.69 Å². The SMILES string of the molecule is CCCN(CC(=O)Nc1cc(C(C)(C)C)nn1-c1ccc(OC)cc1)S(=O)(=O)c1ccc(C)cc1. The Morgan fingerprint density at radius 2 is 1.71 bits per heavy atom. The van der Waals surface area contributed by atoms with Gasteiger partial charge in [0.2, 0.25) is 15.9 Å². The van der Waals surface area contributed by atoms with Crippen LogP contribution in [0.2, 0.25) is 0 Å². The molecule has 0 saturated carbocycles. The van der Waals surface area contributed by atoms with Gasteiger partial charge >= 0.3 is 0 Å². The summed E-state index contributed by atoms with van der Waals surface area (Å²) in [5.74, 6) is 0.734. The number of nitrogens with one attached hydrogen (secondary N) is 1. The fourth-order valence-corrected chi connectivity index (χ4v) is 4.98. The average Bonchev–Trinajstić information content (AvgIpc) is 3.23. The van der Waals surface area contributed by atoms with E-state index in [0.717, 1.165) is 16.9 Å². The molecule has 1 amide bonds. The van der Waals surface area contributed by atoms with E-state index < -0.39 is 15.9 Å². The zero-order valence-electron chi connectivity index (χ0n) is 21.2. The molecule has 0 bridgehead atoms. The maximum absolute atomic E-state index is 13.2. The number of aromatic nitrogens is 2. The molecule has 0 saturated heterocycles. The van der Waals surface area contributed by atoms with E-state index in [-0.39, 0.29) is 23.4 Å². The van der Waals surface area contributed by atoms with Gasteiger partial charge in [0.25, 0.3) is 0 Å². The number of methoxy groups -OCH3 is 1. The lowest BCUT2D eigenvalue weighted by atomic mass is 9.92. The Hall–Kier alpha value is -3.17. The van der Waals surface area contributed by atoms with Crippen molar-refractivity contribution in [1.82, 2.24) is 14.1 Å². The highest BCUT2D eigenvalue weighted by Crippen LogP contribution is 2.27. The minimum Gasteiger partial charge on any atom is -0.497 e. The summed E-state index contributed by atoms with van der Waals surface area (Å²) in [7, 11) is -2.22. The molecule has 1 heterocycles. The molecular weight excluding hydrogens is 464 g/mol. The van der Waals surface area contributed by atoms with Gasteiger partial charge in [0, 0.05) is 18.0 Å². The molecule has 0 atom stereocenters. The number of hydrogen-bond acceptors (Lipinski definition) is 5. The molecule has 35 heavy (non-hydrogen) atoms. The summed E-state index contributed by atoms with van der Waals surface area (Å²) in [6, 6.07) is 15.8. The van der Waals surface area contributed by atoms with Crippen molar-refractivity contribution in [3.63, 3.8) is 0 Å². The van der Waals surface area contributed by atoms with Crippen LogP contribution in [-0.4, -0.2) is 48.6 Å². The second kappa shape index (κ2) is 10.6. The first-order valence-corrected chi connectivity index (χ1v) is 13.0. The molecule has 0 aliphatic carbocycles. The first-order valence-electron chi connectivity index (χ1n) is 11.6. The molecule has 2 aromatic carbocycles.